The molecule has 29 heavy (non-hydrogen) atoms. The van der Waals surface area contributed by atoms with E-state index in [1.54, 1.807) is 41.2 Å². The van der Waals surface area contributed by atoms with Gasteiger partial charge in [-0.1, -0.05) is 30.3 Å². The first kappa shape index (κ1) is 20.2. The summed E-state index contributed by atoms with van der Waals surface area (Å²) in [5, 5.41) is 4.08. The lowest BCUT2D eigenvalue weighted by molar-refractivity contribution is -0.126. The van der Waals surface area contributed by atoms with E-state index in [2.05, 4.69) is 14.8 Å². The molecule has 1 aromatic heterocycles. The Morgan fingerprint density at radius 1 is 1.17 bits per heavy atom. The molecule has 0 aliphatic carbocycles. The van der Waals surface area contributed by atoms with Gasteiger partial charge in [0, 0.05) is 18.7 Å². The molecule has 8 heteroatoms. The van der Waals surface area contributed by atoms with Crippen molar-refractivity contribution in [2.75, 3.05) is 7.05 Å². The van der Waals surface area contributed by atoms with E-state index in [4.69, 9.17) is 0 Å². The van der Waals surface area contributed by atoms with Gasteiger partial charge in [0.25, 0.3) is 0 Å². The number of benzene rings is 2. The molecule has 3 rings (SSSR count). The number of rotatable bonds is 7. The molecule has 0 aliphatic heterocycles. The molecule has 1 atom stereocenters. The van der Waals surface area contributed by atoms with Gasteiger partial charge in [-0.15, -0.1) is 0 Å². The van der Waals surface area contributed by atoms with Crippen molar-refractivity contribution in [3.05, 3.63) is 78.4 Å². The van der Waals surface area contributed by atoms with Crippen LogP contribution >= 0.6 is 0 Å². The quantitative estimate of drug-likeness (QED) is 0.562. The molecule has 0 radical (unpaired) electrons. The second kappa shape index (κ2) is 9.09. The van der Waals surface area contributed by atoms with Crippen LogP contribution in [-0.2, 0) is 4.79 Å². The van der Waals surface area contributed by atoms with Crippen molar-refractivity contribution in [3.8, 4) is 11.4 Å². The molecule has 1 heterocycles. The highest BCUT2D eigenvalue weighted by atomic mass is 19.3. The molecular formula is C21H20F2N4O2. The molecule has 150 valence electrons. The summed E-state index contributed by atoms with van der Waals surface area (Å²) >= 11 is 0. The molecule has 3 aromatic rings. The fraction of sp³-hybridized carbons (Fsp3) is 0.190. The molecule has 0 aliphatic rings. The summed E-state index contributed by atoms with van der Waals surface area (Å²) < 4.78 is 31.1. The largest absolute Gasteiger partial charge is 0.434 e. The van der Waals surface area contributed by atoms with Crippen LogP contribution in [0.25, 0.3) is 11.8 Å². The van der Waals surface area contributed by atoms with E-state index in [0.29, 0.717) is 5.56 Å². The third-order valence-electron chi connectivity index (χ3n) is 4.53. The van der Waals surface area contributed by atoms with Crippen LogP contribution in [-0.4, -0.2) is 39.2 Å². The first-order valence-corrected chi connectivity index (χ1v) is 8.89. The van der Waals surface area contributed by atoms with E-state index >= 15 is 0 Å². The zero-order valence-electron chi connectivity index (χ0n) is 15.9. The predicted molar refractivity (Wildman–Crippen MR) is 105 cm³/mol. The van der Waals surface area contributed by atoms with Crippen LogP contribution in [0.15, 0.2) is 67.3 Å². The molecule has 6 nitrogen and oxygen atoms in total. The van der Waals surface area contributed by atoms with Crippen LogP contribution in [0, 0.1) is 0 Å². The lowest BCUT2D eigenvalue weighted by Crippen LogP contribution is -2.28. The van der Waals surface area contributed by atoms with E-state index in [-0.39, 0.29) is 17.7 Å². The summed E-state index contributed by atoms with van der Waals surface area (Å²) in [6.07, 6.45) is 5.87. The zero-order valence-corrected chi connectivity index (χ0v) is 15.9. The minimum absolute atomic E-state index is 0.0194. The number of carbonyl (C=O) groups excluding carboxylic acids is 1. The number of para-hydroxylation sites is 1. The van der Waals surface area contributed by atoms with Crippen molar-refractivity contribution >= 4 is 12.0 Å². The Bertz CT molecular complexity index is 973. The lowest BCUT2D eigenvalue weighted by atomic mass is 10.1. The van der Waals surface area contributed by atoms with Crippen LogP contribution in [0.5, 0.6) is 5.75 Å². The number of nitrogens with zero attached hydrogens (tertiary/aromatic N) is 4. The third-order valence-corrected chi connectivity index (χ3v) is 4.53. The van der Waals surface area contributed by atoms with Gasteiger partial charge in [0.2, 0.25) is 5.91 Å². The van der Waals surface area contributed by atoms with Gasteiger partial charge in [0.05, 0.1) is 11.7 Å². The molecule has 1 amide bonds. The Balaban J connectivity index is 1.69. The number of carbonyl (C=O) groups is 1. The Morgan fingerprint density at radius 2 is 1.90 bits per heavy atom. The maximum Gasteiger partial charge on any atom is 0.387 e. The summed E-state index contributed by atoms with van der Waals surface area (Å²) in [6, 6.07) is 13.7. The fourth-order valence-electron chi connectivity index (χ4n) is 2.76. The van der Waals surface area contributed by atoms with E-state index < -0.39 is 6.61 Å². The molecule has 0 spiro atoms. The summed E-state index contributed by atoms with van der Waals surface area (Å²) in [7, 11) is 1.68. The van der Waals surface area contributed by atoms with Crippen LogP contribution in [0.3, 0.4) is 0 Å². The molecule has 0 saturated heterocycles. The predicted octanol–water partition coefficient (Wildman–Crippen LogP) is 4.10. The van der Waals surface area contributed by atoms with Crippen LogP contribution in [0.4, 0.5) is 8.78 Å². The highest BCUT2D eigenvalue weighted by Gasteiger charge is 2.16. The first-order valence-electron chi connectivity index (χ1n) is 8.89. The lowest BCUT2D eigenvalue weighted by Gasteiger charge is -2.24. The van der Waals surface area contributed by atoms with E-state index in [1.807, 2.05) is 31.2 Å². The Morgan fingerprint density at radius 3 is 2.55 bits per heavy atom. The first-order chi connectivity index (χ1) is 14.0. The second-order valence-corrected chi connectivity index (χ2v) is 6.31. The average molecular weight is 398 g/mol. The number of halogens is 2. The topological polar surface area (TPSA) is 60.2 Å². The summed E-state index contributed by atoms with van der Waals surface area (Å²) in [5.41, 5.74) is 2.21. The minimum Gasteiger partial charge on any atom is -0.434 e. The molecule has 0 bridgehead atoms. The third kappa shape index (κ3) is 5.04. The van der Waals surface area contributed by atoms with Gasteiger partial charge in [-0.05, 0) is 36.8 Å². The van der Waals surface area contributed by atoms with Crippen molar-refractivity contribution in [2.24, 2.45) is 0 Å². The monoisotopic (exact) mass is 398 g/mol. The van der Waals surface area contributed by atoms with E-state index in [0.717, 1.165) is 11.3 Å². The van der Waals surface area contributed by atoms with E-state index in [9.17, 15) is 13.6 Å². The number of ether oxygens (including phenoxy) is 1. The Kier molecular flexibility index (Phi) is 6.33. The molecule has 0 fully saturated rings. The minimum atomic E-state index is -2.93. The Hall–Kier alpha value is -3.55. The van der Waals surface area contributed by atoms with Gasteiger partial charge in [0.1, 0.15) is 18.4 Å². The standard InChI is InChI=1S/C21H20F2N4O2/c1-15(16-7-10-18(11-8-16)27-14-24-13-25-27)26(2)20(28)12-9-17-5-3-4-6-19(17)29-21(22)23/h3-15,21H,1-2H3/b12-9+. The van der Waals surface area contributed by atoms with Gasteiger partial charge in [-0.2, -0.15) is 13.9 Å². The summed E-state index contributed by atoms with van der Waals surface area (Å²) in [6.45, 7) is -1.02. The van der Waals surface area contributed by atoms with E-state index in [1.165, 1.54) is 24.5 Å². The van der Waals surface area contributed by atoms with Crippen LogP contribution < -0.4 is 4.74 Å². The van der Waals surface area contributed by atoms with Gasteiger partial charge < -0.3 is 9.64 Å². The maximum absolute atomic E-state index is 12.5. The van der Waals surface area contributed by atoms with Crippen molar-refractivity contribution < 1.29 is 18.3 Å². The highest BCUT2D eigenvalue weighted by molar-refractivity contribution is 5.92. The number of hydrogen-bond acceptors (Lipinski definition) is 4. The van der Waals surface area contributed by atoms with Gasteiger partial charge in [-0.25, -0.2) is 9.67 Å². The normalized spacial score (nSPS) is 12.3. The molecular weight excluding hydrogens is 378 g/mol. The highest BCUT2D eigenvalue weighted by Crippen LogP contribution is 2.23. The number of hydrogen-bond donors (Lipinski definition) is 0. The fourth-order valence-corrected chi connectivity index (χ4v) is 2.76. The zero-order chi connectivity index (χ0) is 20.8. The summed E-state index contributed by atoms with van der Waals surface area (Å²) in [4.78, 5) is 18.0. The number of alkyl halides is 2. The average Bonchev–Trinajstić information content (AvgIpc) is 3.26. The number of likely N-dealkylation sites (N-methyl/N-ethyl adjacent to an activating group) is 1. The number of amides is 1. The van der Waals surface area contributed by atoms with Crippen LogP contribution in [0.1, 0.15) is 24.1 Å². The number of aromatic nitrogens is 3. The molecule has 2 aromatic carbocycles. The van der Waals surface area contributed by atoms with Gasteiger partial charge in [-0.3, -0.25) is 4.79 Å². The van der Waals surface area contributed by atoms with Crippen molar-refractivity contribution in [1.82, 2.24) is 19.7 Å². The van der Waals surface area contributed by atoms with Crippen LogP contribution in [0.2, 0.25) is 0 Å². The van der Waals surface area contributed by atoms with Crippen molar-refractivity contribution in [2.45, 2.75) is 19.6 Å². The van der Waals surface area contributed by atoms with Gasteiger partial charge >= 0.3 is 6.61 Å². The maximum atomic E-state index is 12.5. The second-order valence-electron chi connectivity index (χ2n) is 6.31. The molecule has 0 N–H and O–H groups in total. The Labute approximate surface area is 167 Å². The SMILES string of the molecule is CC(c1ccc(-n2cncn2)cc1)N(C)C(=O)/C=C/c1ccccc1OC(F)F. The van der Waals surface area contributed by atoms with Crippen molar-refractivity contribution in [1.29, 1.82) is 0 Å². The molecule has 1 unspecified atom stereocenters. The molecule has 0 saturated carbocycles. The summed E-state index contributed by atoms with van der Waals surface area (Å²) in [5.74, 6) is -0.240. The van der Waals surface area contributed by atoms with Gasteiger partial charge in [0.15, 0.2) is 0 Å². The van der Waals surface area contributed by atoms with Crippen molar-refractivity contribution in [3.63, 3.8) is 0 Å². The smallest absolute Gasteiger partial charge is 0.387 e.